The number of nitro benzene ring substituents is 1. The van der Waals surface area contributed by atoms with Crippen molar-refractivity contribution in [2.24, 2.45) is 0 Å². The topological polar surface area (TPSA) is 81.0 Å². The molecule has 26 heavy (non-hydrogen) atoms. The lowest BCUT2D eigenvalue weighted by Crippen LogP contribution is -2.10. The summed E-state index contributed by atoms with van der Waals surface area (Å²) in [5, 5.41) is 22.9. The molecule has 0 saturated carbocycles. The summed E-state index contributed by atoms with van der Waals surface area (Å²) in [6.07, 6.45) is -4.82. The second-order valence-electron chi connectivity index (χ2n) is 5.21. The lowest BCUT2D eigenvalue weighted by Gasteiger charge is -2.10. The standard InChI is InChI=1S/C16H11F3N4O2S/c17-16(18,19)12-8-11(6-7-13(12)23(24)25)20-9-14-21-22-15(26-14)10-4-2-1-3-5-10/h1-8,20H,9H2. The lowest BCUT2D eigenvalue weighted by molar-refractivity contribution is -0.388. The minimum Gasteiger partial charge on any atom is -0.378 e. The number of halogens is 3. The normalized spacial score (nSPS) is 11.3. The third kappa shape index (κ3) is 3.97. The molecule has 0 atom stereocenters. The molecule has 0 fully saturated rings. The first-order valence-electron chi connectivity index (χ1n) is 7.32. The molecule has 0 spiro atoms. The van der Waals surface area contributed by atoms with Crippen LogP contribution in [0.25, 0.3) is 10.6 Å². The average Bonchev–Trinajstić information content (AvgIpc) is 3.08. The van der Waals surface area contributed by atoms with Gasteiger partial charge in [0.15, 0.2) is 0 Å². The van der Waals surface area contributed by atoms with Gasteiger partial charge in [0.1, 0.15) is 15.6 Å². The molecule has 3 rings (SSSR count). The van der Waals surface area contributed by atoms with Crippen LogP contribution in [0.1, 0.15) is 10.6 Å². The van der Waals surface area contributed by atoms with E-state index in [0.717, 1.165) is 17.7 Å². The molecular formula is C16H11F3N4O2S. The molecule has 1 aromatic heterocycles. The van der Waals surface area contributed by atoms with Crippen molar-refractivity contribution in [3.05, 3.63) is 69.2 Å². The monoisotopic (exact) mass is 380 g/mol. The van der Waals surface area contributed by atoms with E-state index in [1.165, 1.54) is 17.4 Å². The van der Waals surface area contributed by atoms with Crippen LogP contribution in [-0.4, -0.2) is 15.1 Å². The van der Waals surface area contributed by atoms with E-state index >= 15 is 0 Å². The van der Waals surface area contributed by atoms with E-state index in [-0.39, 0.29) is 12.2 Å². The van der Waals surface area contributed by atoms with Crippen molar-refractivity contribution in [1.82, 2.24) is 10.2 Å². The minimum absolute atomic E-state index is 0.111. The zero-order valence-corrected chi connectivity index (χ0v) is 13.8. The molecular weight excluding hydrogens is 369 g/mol. The number of nitrogens with zero attached hydrogens (tertiary/aromatic N) is 3. The molecule has 134 valence electrons. The Balaban J connectivity index is 1.76. The first-order chi connectivity index (χ1) is 12.3. The number of nitrogens with one attached hydrogen (secondary N) is 1. The molecule has 1 N–H and O–H groups in total. The van der Waals surface area contributed by atoms with Crippen molar-refractivity contribution in [2.45, 2.75) is 12.7 Å². The van der Waals surface area contributed by atoms with Crippen LogP contribution in [0, 0.1) is 10.1 Å². The summed E-state index contributed by atoms with van der Waals surface area (Å²) in [5.41, 5.74) is -1.27. The van der Waals surface area contributed by atoms with E-state index in [1.54, 1.807) is 0 Å². The van der Waals surface area contributed by atoms with Crippen molar-refractivity contribution in [2.75, 3.05) is 5.32 Å². The van der Waals surface area contributed by atoms with E-state index in [4.69, 9.17) is 0 Å². The van der Waals surface area contributed by atoms with Gasteiger partial charge in [-0.1, -0.05) is 41.7 Å². The zero-order chi connectivity index (χ0) is 18.7. The van der Waals surface area contributed by atoms with Crippen molar-refractivity contribution in [3.8, 4) is 10.6 Å². The molecule has 0 aliphatic heterocycles. The second-order valence-corrected chi connectivity index (χ2v) is 6.27. The Morgan fingerprint density at radius 2 is 1.85 bits per heavy atom. The SMILES string of the molecule is O=[N+]([O-])c1ccc(NCc2nnc(-c3ccccc3)s2)cc1C(F)(F)F. The van der Waals surface area contributed by atoms with Crippen molar-refractivity contribution >= 4 is 22.7 Å². The number of aromatic nitrogens is 2. The largest absolute Gasteiger partial charge is 0.423 e. The summed E-state index contributed by atoms with van der Waals surface area (Å²) in [5.74, 6) is 0. The van der Waals surface area contributed by atoms with Crippen molar-refractivity contribution in [1.29, 1.82) is 0 Å². The van der Waals surface area contributed by atoms with Crippen LogP contribution in [0.5, 0.6) is 0 Å². The molecule has 0 aliphatic carbocycles. The Hall–Kier alpha value is -3.01. The fraction of sp³-hybridized carbons (Fsp3) is 0.125. The van der Waals surface area contributed by atoms with Gasteiger partial charge in [0, 0.05) is 17.3 Å². The quantitative estimate of drug-likeness (QED) is 0.511. The number of rotatable bonds is 5. The van der Waals surface area contributed by atoms with Crippen LogP contribution in [0.4, 0.5) is 24.5 Å². The molecule has 1 heterocycles. The van der Waals surface area contributed by atoms with E-state index in [2.05, 4.69) is 15.5 Å². The number of alkyl halides is 3. The fourth-order valence-electron chi connectivity index (χ4n) is 2.23. The molecule has 0 amide bonds. The summed E-state index contributed by atoms with van der Waals surface area (Å²) in [6, 6.07) is 12.1. The molecule has 0 unspecified atom stereocenters. The lowest BCUT2D eigenvalue weighted by atomic mass is 10.1. The number of hydrogen-bond acceptors (Lipinski definition) is 6. The molecule has 6 nitrogen and oxygen atoms in total. The Morgan fingerprint density at radius 3 is 2.50 bits per heavy atom. The zero-order valence-electron chi connectivity index (χ0n) is 13.0. The third-order valence-electron chi connectivity index (χ3n) is 3.43. The number of nitro groups is 1. The van der Waals surface area contributed by atoms with Crippen molar-refractivity contribution < 1.29 is 18.1 Å². The van der Waals surface area contributed by atoms with Gasteiger partial charge in [-0.25, -0.2) is 0 Å². The summed E-state index contributed by atoms with van der Waals surface area (Å²) in [4.78, 5) is 9.71. The van der Waals surface area contributed by atoms with Crippen LogP contribution >= 0.6 is 11.3 Å². The van der Waals surface area contributed by atoms with Gasteiger partial charge < -0.3 is 5.32 Å². The Bertz CT molecular complexity index is 929. The summed E-state index contributed by atoms with van der Waals surface area (Å²) < 4.78 is 39.0. The first-order valence-corrected chi connectivity index (χ1v) is 8.13. The molecule has 0 radical (unpaired) electrons. The van der Waals surface area contributed by atoms with Gasteiger partial charge in [-0.2, -0.15) is 13.2 Å². The Kier molecular flexibility index (Phi) is 4.85. The highest BCUT2D eigenvalue weighted by atomic mass is 32.1. The smallest absolute Gasteiger partial charge is 0.378 e. The van der Waals surface area contributed by atoms with Gasteiger partial charge in [0.25, 0.3) is 5.69 Å². The van der Waals surface area contributed by atoms with Crippen LogP contribution in [0.2, 0.25) is 0 Å². The summed E-state index contributed by atoms with van der Waals surface area (Å²) >= 11 is 1.31. The fourth-order valence-corrected chi connectivity index (χ4v) is 3.02. The number of hydrogen-bond donors (Lipinski definition) is 1. The Morgan fingerprint density at radius 1 is 1.12 bits per heavy atom. The van der Waals surface area contributed by atoms with Crippen LogP contribution in [0.3, 0.4) is 0 Å². The predicted molar refractivity (Wildman–Crippen MR) is 90.8 cm³/mol. The van der Waals surface area contributed by atoms with Gasteiger partial charge in [-0.3, -0.25) is 10.1 Å². The van der Waals surface area contributed by atoms with Crippen LogP contribution in [-0.2, 0) is 12.7 Å². The van der Waals surface area contributed by atoms with E-state index in [9.17, 15) is 23.3 Å². The van der Waals surface area contributed by atoms with Crippen LogP contribution in [0.15, 0.2) is 48.5 Å². The van der Waals surface area contributed by atoms with E-state index in [1.807, 2.05) is 30.3 Å². The Labute approximate surface area is 149 Å². The molecule has 10 heteroatoms. The maximum absolute atomic E-state index is 13.0. The number of benzene rings is 2. The maximum Gasteiger partial charge on any atom is 0.423 e. The number of anilines is 1. The molecule has 0 saturated heterocycles. The highest BCUT2D eigenvalue weighted by Crippen LogP contribution is 2.37. The molecule has 0 bridgehead atoms. The van der Waals surface area contributed by atoms with Crippen molar-refractivity contribution in [3.63, 3.8) is 0 Å². The predicted octanol–water partition coefficient (Wildman–Crippen LogP) is 4.74. The first kappa shape index (κ1) is 17.8. The van der Waals surface area contributed by atoms with Gasteiger partial charge in [0.2, 0.25) is 0 Å². The summed E-state index contributed by atoms with van der Waals surface area (Å²) in [6.45, 7) is 0.152. The van der Waals surface area contributed by atoms with Gasteiger partial charge in [0.05, 0.1) is 11.5 Å². The van der Waals surface area contributed by atoms with E-state index < -0.39 is 22.4 Å². The molecule has 3 aromatic rings. The highest BCUT2D eigenvalue weighted by molar-refractivity contribution is 7.14. The van der Waals surface area contributed by atoms with Gasteiger partial charge in [-0.05, 0) is 12.1 Å². The molecule has 2 aromatic carbocycles. The van der Waals surface area contributed by atoms with Crippen LogP contribution < -0.4 is 5.32 Å². The molecule has 0 aliphatic rings. The van der Waals surface area contributed by atoms with E-state index in [0.29, 0.717) is 10.0 Å². The second kappa shape index (κ2) is 7.08. The highest BCUT2D eigenvalue weighted by Gasteiger charge is 2.38. The van der Waals surface area contributed by atoms with Gasteiger partial charge >= 0.3 is 6.18 Å². The maximum atomic E-state index is 13.0. The minimum atomic E-state index is -4.82. The summed E-state index contributed by atoms with van der Waals surface area (Å²) in [7, 11) is 0. The van der Waals surface area contributed by atoms with Gasteiger partial charge in [-0.15, -0.1) is 10.2 Å². The average molecular weight is 380 g/mol. The third-order valence-corrected chi connectivity index (χ3v) is 4.40.